The molecule has 3 aliphatic heterocycles. The molecule has 0 aromatic rings. The molecule has 0 atom stereocenters. The summed E-state index contributed by atoms with van der Waals surface area (Å²) in [6.45, 7) is 5.41. The Bertz CT molecular complexity index is 735. The van der Waals surface area contributed by atoms with Crippen molar-refractivity contribution in [2.75, 3.05) is 46.4 Å². The van der Waals surface area contributed by atoms with Crippen LogP contribution in [0, 0.1) is 0 Å². The van der Waals surface area contributed by atoms with Crippen molar-refractivity contribution < 1.29 is 26.5 Å². The Kier molecular flexibility index (Phi) is 11.9. The Morgan fingerprint density at radius 1 is 0.889 bits per heavy atom. The monoisotopic (exact) mass is 430 g/mol. The molecule has 1 aliphatic carbocycles. The molecule has 0 spiro atoms. The van der Waals surface area contributed by atoms with Gasteiger partial charge in [0.2, 0.25) is 11.6 Å². The van der Waals surface area contributed by atoms with Crippen molar-refractivity contribution in [1.82, 2.24) is 14.7 Å². The number of ketones is 2. The van der Waals surface area contributed by atoms with Crippen LogP contribution in [0.2, 0.25) is 0 Å². The molecule has 0 saturated carbocycles. The summed E-state index contributed by atoms with van der Waals surface area (Å²) < 4.78 is 26.6. The fourth-order valence-electron chi connectivity index (χ4n) is 2.31. The second kappa shape index (κ2) is 11.4. The molecule has 10 nitrogen and oxygen atoms in total. The van der Waals surface area contributed by atoms with Gasteiger partial charge in [0, 0.05) is 45.3 Å². The Balaban J connectivity index is 0.000000598. The number of carbonyl (C=O) groups is 2. The SMILES string of the molecule is COS(=O)(=O)ON.O=C1C=C(N2CC2)C(=O)C(N2CC2)=C1N1CC1.[NaH].[NaH].[NaH]. The Morgan fingerprint density at radius 3 is 1.67 bits per heavy atom. The van der Waals surface area contributed by atoms with Crippen molar-refractivity contribution in [1.29, 1.82) is 0 Å². The van der Waals surface area contributed by atoms with Gasteiger partial charge in [0.25, 0.3) is 0 Å². The zero-order valence-corrected chi connectivity index (χ0v) is 13.9. The number of rotatable bonds is 5. The molecule has 4 rings (SSSR count). The third kappa shape index (κ3) is 7.35. The van der Waals surface area contributed by atoms with Crippen LogP contribution >= 0.6 is 0 Å². The van der Waals surface area contributed by atoms with Crippen molar-refractivity contribution in [3.8, 4) is 0 Å². The number of allylic oxidation sites excluding steroid dienone is 1. The molecule has 3 saturated heterocycles. The second-order valence-electron chi connectivity index (χ2n) is 5.55. The number of nitrogens with two attached hydrogens (primary N) is 1. The van der Waals surface area contributed by atoms with E-state index < -0.39 is 10.4 Å². The molecular weight excluding hydrogens is 409 g/mol. The Morgan fingerprint density at radius 2 is 1.33 bits per heavy atom. The van der Waals surface area contributed by atoms with Crippen LogP contribution in [0.4, 0.5) is 0 Å². The van der Waals surface area contributed by atoms with Crippen molar-refractivity contribution in [3.63, 3.8) is 0 Å². The number of hydrogen-bond donors (Lipinski definition) is 1. The molecular formula is C13H21N4Na3O6S. The van der Waals surface area contributed by atoms with E-state index in [0.29, 0.717) is 17.1 Å². The predicted octanol–water partition coefficient (Wildman–Crippen LogP) is -4.00. The Hall–Kier alpha value is 1.05. The van der Waals surface area contributed by atoms with Gasteiger partial charge < -0.3 is 14.7 Å². The maximum atomic E-state index is 12.4. The van der Waals surface area contributed by atoms with E-state index in [4.69, 9.17) is 0 Å². The fourth-order valence-corrected chi connectivity index (χ4v) is 2.39. The average Bonchev–Trinajstić information content (AvgIpc) is 3.41. The van der Waals surface area contributed by atoms with Gasteiger partial charge >= 0.3 is 99.1 Å². The van der Waals surface area contributed by atoms with Crippen LogP contribution < -0.4 is 5.90 Å². The molecule has 0 radical (unpaired) electrons. The van der Waals surface area contributed by atoms with Gasteiger partial charge in [0.15, 0.2) is 0 Å². The van der Waals surface area contributed by atoms with Crippen molar-refractivity contribution in [2.24, 2.45) is 5.90 Å². The molecule has 0 bridgehead atoms. The van der Waals surface area contributed by atoms with E-state index in [9.17, 15) is 18.0 Å². The summed E-state index contributed by atoms with van der Waals surface area (Å²) in [7, 11) is -2.93. The van der Waals surface area contributed by atoms with Gasteiger partial charge in [-0.1, -0.05) is 0 Å². The van der Waals surface area contributed by atoms with E-state index in [1.165, 1.54) is 6.08 Å². The third-order valence-corrected chi connectivity index (χ3v) is 4.45. The van der Waals surface area contributed by atoms with Gasteiger partial charge in [-0.3, -0.25) is 13.8 Å². The van der Waals surface area contributed by atoms with Crippen LogP contribution in [0.1, 0.15) is 0 Å². The molecule has 4 aliphatic rings. The minimum absolute atomic E-state index is 0. The fraction of sp³-hybridized carbons (Fsp3) is 0.538. The van der Waals surface area contributed by atoms with Crippen molar-refractivity contribution in [2.45, 2.75) is 0 Å². The van der Waals surface area contributed by atoms with E-state index in [0.717, 1.165) is 46.4 Å². The van der Waals surface area contributed by atoms with Gasteiger partial charge in [-0.05, 0) is 0 Å². The van der Waals surface area contributed by atoms with Crippen LogP contribution in [0.3, 0.4) is 0 Å². The summed E-state index contributed by atoms with van der Waals surface area (Å²) in [6, 6.07) is 0. The molecule has 0 unspecified atom stereocenters. The summed E-state index contributed by atoms with van der Waals surface area (Å²) in [5.41, 5.74) is 1.89. The molecule has 14 heteroatoms. The first-order chi connectivity index (χ1) is 11.4. The van der Waals surface area contributed by atoms with Gasteiger partial charge in [-0.25, -0.2) is 0 Å². The molecule has 138 valence electrons. The van der Waals surface area contributed by atoms with Crippen LogP contribution in [0.5, 0.6) is 0 Å². The molecule has 0 amide bonds. The van der Waals surface area contributed by atoms with E-state index in [1.807, 2.05) is 14.7 Å². The van der Waals surface area contributed by atoms with E-state index in [-0.39, 0.29) is 100 Å². The first-order valence-electron chi connectivity index (χ1n) is 7.36. The van der Waals surface area contributed by atoms with Crippen LogP contribution in [0.15, 0.2) is 23.2 Å². The van der Waals surface area contributed by atoms with E-state index >= 15 is 0 Å². The summed E-state index contributed by atoms with van der Waals surface area (Å²) in [6.07, 6.45) is 1.52. The molecule has 0 aromatic heterocycles. The van der Waals surface area contributed by atoms with Crippen LogP contribution in [0.25, 0.3) is 0 Å². The van der Waals surface area contributed by atoms with E-state index in [2.05, 4.69) is 14.4 Å². The zero-order chi connectivity index (χ0) is 17.5. The van der Waals surface area contributed by atoms with E-state index in [1.54, 1.807) is 0 Å². The van der Waals surface area contributed by atoms with Gasteiger partial charge in [-0.15, -0.1) is 0 Å². The number of hydrogen-bond acceptors (Lipinski definition) is 10. The van der Waals surface area contributed by atoms with Gasteiger partial charge in [0.1, 0.15) is 11.4 Å². The quantitative estimate of drug-likeness (QED) is 0.200. The summed E-state index contributed by atoms with van der Waals surface area (Å²) in [5.74, 6) is 4.25. The van der Waals surface area contributed by atoms with Crippen LogP contribution in [-0.2, 0) is 28.5 Å². The third-order valence-electron chi connectivity index (χ3n) is 3.81. The summed E-state index contributed by atoms with van der Waals surface area (Å²) in [5, 5.41) is 0. The number of carbonyl (C=O) groups excluding carboxylic acids is 2. The summed E-state index contributed by atoms with van der Waals surface area (Å²) in [4.78, 5) is 30.5. The molecule has 3 heterocycles. The Labute approximate surface area is 224 Å². The molecule has 27 heavy (non-hydrogen) atoms. The normalized spacial score (nSPS) is 19.8. The predicted molar refractivity (Wildman–Crippen MR) is 102 cm³/mol. The number of nitrogens with zero attached hydrogens (tertiary/aromatic N) is 3. The van der Waals surface area contributed by atoms with Crippen molar-refractivity contribution in [3.05, 3.63) is 23.2 Å². The second-order valence-corrected chi connectivity index (χ2v) is 6.89. The number of Topliss-reactive ketones (excluding diaryl/α,β-unsaturated/α-hetero) is 1. The average molecular weight is 430 g/mol. The zero-order valence-electron chi connectivity index (χ0n) is 13.1. The van der Waals surface area contributed by atoms with Crippen molar-refractivity contribution >= 4 is 111 Å². The molecule has 0 aromatic carbocycles. The maximum absolute atomic E-state index is 12.4. The van der Waals surface area contributed by atoms with Gasteiger partial charge in [-0.2, -0.15) is 18.6 Å². The summed E-state index contributed by atoms with van der Waals surface area (Å²) >= 11 is 0. The first-order valence-corrected chi connectivity index (χ1v) is 8.70. The first kappa shape index (κ1) is 28.1. The molecule has 2 N–H and O–H groups in total. The van der Waals surface area contributed by atoms with Gasteiger partial charge in [0.05, 0.1) is 12.8 Å². The molecule has 3 fully saturated rings. The standard InChI is InChI=1S/C12H13N3O2.CH5NO4S.3Na.3H/c16-9-7-8(13-1-2-13)12(17)11(15-5-6-15)10(9)14-3-4-14;1-5-7(3,4)6-2;;;;;;/h7H,1-6H2;2H2,1H3;;;;;;. The topological polar surface area (TPSA) is 122 Å². The minimum atomic E-state index is -3.88. The van der Waals surface area contributed by atoms with Crippen LogP contribution in [-0.4, -0.2) is 170 Å².